The van der Waals surface area contributed by atoms with Crippen LogP contribution in [0, 0.1) is 0 Å². The average Bonchev–Trinajstić information content (AvgIpc) is 2.45. The van der Waals surface area contributed by atoms with Gasteiger partial charge in [-0.1, -0.05) is 43.3 Å². The number of aliphatic hydroxyl groups is 1. The molecule has 104 valence electrons. The smallest absolute Gasteiger partial charge is 0.214 e. The molecule has 0 saturated heterocycles. The first-order valence-corrected chi connectivity index (χ1v) is 7.60. The Labute approximate surface area is 119 Å². The van der Waals surface area contributed by atoms with Crippen molar-refractivity contribution < 1.29 is 9.90 Å². The molecule has 1 N–H and O–H groups in total. The van der Waals surface area contributed by atoms with E-state index < -0.39 is 0 Å². The second kappa shape index (κ2) is 9.64. The summed E-state index contributed by atoms with van der Waals surface area (Å²) >= 11 is 1.64. The first kappa shape index (κ1) is 15.8. The lowest BCUT2D eigenvalue weighted by molar-refractivity contribution is -0.116. The van der Waals surface area contributed by atoms with Crippen LogP contribution in [0.15, 0.2) is 42.1 Å². The third-order valence-electron chi connectivity index (χ3n) is 2.62. The lowest BCUT2D eigenvalue weighted by Crippen LogP contribution is -2.22. The molecule has 1 amide bonds. The highest BCUT2D eigenvalue weighted by Gasteiger charge is 2.09. The van der Waals surface area contributed by atoms with Gasteiger partial charge >= 0.3 is 0 Å². The van der Waals surface area contributed by atoms with E-state index in [0.717, 1.165) is 29.8 Å². The molecule has 4 heteroatoms. The Kier molecular flexibility index (Phi) is 8.02. The maximum Gasteiger partial charge on any atom is 0.214 e. The summed E-state index contributed by atoms with van der Waals surface area (Å²) in [7, 11) is 0. The average molecular weight is 279 g/mol. The van der Waals surface area contributed by atoms with Gasteiger partial charge in [-0.15, -0.1) is 0 Å². The highest BCUT2D eigenvalue weighted by atomic mass is 32.2. The van der Waals surface area contributed by atoms with Gasteiger partial charge in [0.25, 0.3) is 0 Å². The topological polar surface area (TPSA) is 40.5 Å². The molecule has 0 spiro atoms. The van der Waals surface area contributed by atoms with Crippen LogP contribution in [-0.4, -0.2) is 34.5 Å². The summed E-state index contributed by atoms with van der Waals surface area (Å²) in [6, 6.07) is 9.95. The first-order valence-electron chi connectivity index (χ1n) is 6.45. The minimum atomic E-state index is 0.170. The maximum atomic E-state index is 11.3. The van der Waals surface area contributed by atoms with Gasteiger partial charge in [0.15, 0.2) is 0 Å². The molecule has 1 aromatic rings. The van der Waals surface area contributed by atoms with E-state index in [4.69, 9.17) is 5.11 Å². The number of hydrogen-bond donors (Lipinski definition) is 1. The molecule has 0 atom stereocenters. The lowest BCUT2D eigenvalue weighted by atomic mass is 10.2. The van der Waals surface area contributed by atoms with Crippen molar-refractivity contribution in [2.75, 3.05) is 18.1 Å². The number of rotatable bonds is 9. The van der Waals surface area contributed by atoms with E-state index in [1.165, 1.54) is 0 Å². The number of carbonyl (C=O) groups is 1. The zero-order valence-electron chi connectivity index (χ0n) is 11.3. The Morgan fingerprint density at radius 2 is 2.11 bits per heavy atom. The van der Waals surface area contributed by atoms with Crippen molar-refractivity contribution in [3.63, 3.8) is 0 Å². The van der Waals surface area contributed by atoms with E-state index >= 15 is 0 Å². The zero-order valence-corrected chi connectivity index (χ0v) is 12.1. The normalized spacial score (nSPS) is 11.4. The molecule has 19 heavy (non-hydrogen) atoms. The van der Waals surface area contributed by atoms with E-state index in [2.05, 4.69) is 13.0 Å². The molecule has 0 aliphatic rings. The van der Waals surface area contributed by atoms with Crippen molar-refractivity contribution in [3.8, 4) is 0 Å². The molecular formula is C15H21NO2S. The van der Waals surface area contributed by atoms with Gasteiger partial charge in [0, 0.05) is 17.2 Å². The Balaban J connectivity index is 2.68. The fourth-order valence-corrected chi connectivity index (χ4v) is 2.49. The summed E-state index contributed by atoms with van der Waals surface area (Å²) in [5, 5.41) is 8.82. The van der Waals surface area contributed by atoms with Crippen LogP contribution in [-0.2, 0) is 11.3 Å². The van der Waals surface area contributed by atoms with E-state index in [9.17, 15) is 4.79 Å². The summed E-state index contributed by atoms with van der Waals surface area (Å²) in [4.78, 5) is 13.0. The predicted octanol–water partition coefficient (Wildman–Crippen LogP) is 2.66. The number of aliphatic hydroxyl groups excluding tert-OH is 1. The van der Waals surface area contributed by atoms with Crippen molar-refractivity contribution in [3.05, 3.63) is 47.7 Å². The summed E-state index contributed by atoms with van der Waals surface area (Å²) < 4.78 is 0. The zero-order chi connectivity index (χ0) is 13.9. The van der Waals surface area contributed by atoms with Crippen LogP contribution < -0.4 is 0 Å². The van der Waals surface area contributed by atoms with Crippen LogP contribution in [0.1, 0.15) is 18.9 Å². The molecule has 0 aromatic heterocycles. The summed E-state index contributed by atoms with van der Waals surface area (Å²) in [6.45, 7) is 2.82. The number of allylic oxidation sites excluding steroid dienone is 1. The van der Waals surface area contributed by atoms with E-state index in [0.29, 0.717) is 12.3 Å². The highest BCUT2D eigenvalue weighted by Crippen LogP contribution is 2.15. The number of benzene rings is 1. The molecule has 1 rings (SSSR count). The van der Waals surface area contributed by atoms with Gasteiger partial charge in [-0.2, -0.15) is 11.8 Å². The molecule has 0 fully saturated rings. The summed E-state index contributed by atoms with van der Waals surface area (Å²) in [5.41, 5.74) is 2.13. The van der Waals surface area contributed by atoms with Gasteiger partial charge in [0.05, 0.1) is 13.2 Å². The summed E-state index contributed by atoms with van der Waals surface area (Å²) in [5.74, 6) is 1.44. The quantitative estimate of drug-likeness (QED) is 0.558. The minimum absolute atomic E-state index is 0.170. The number of carbonyl (C=O) groups excluding carboxylic acids is 1. The van der Waals surface area contributed by atoms with E-state index in [1.54, 1.807) is 16.7 Å². The Bertz CT molecular complexity index is 392. The Morgan fingerprint density at radius 1 is 1.37 bits per heavy atom. The van der Waals surface area contributed by atoms with Gasteiger partial charge in [0.1, 0.15) is 0 Å². The second-order valence-corrected chi connectivity index (χ2v) is 5.20. The standard InChI is InChI=1S/C15H21NO2S/c1-2-6-15(12-19-10-9-17)16(13-18)11-14-7-4-3-5-8-14/h3-8,13,17H,2,9-12H2,1H3/b15-6-. The van der Waals surface area contributed by atoms with Crippen molar-refractivity contribution in [1.29, 1.82) is 0 Å². The second-order valence-electron chi connectivity index (χ2n) is 4.10. The number of nitrogens with zero attached hydrogens (tertiary/aromatic N) is 1. The molecule has 0 aliphatic carbocycles. The summed E-state index contributed by atoms with van der Waals surface area (Å²) in [6.07, 6.45) is 3.85. The third-order valence-corrected chi connectivity index (χ3v) is 3.59. The monoisotopic (exact) mass is 279 g/mol. The van der Waals surface area contributed by atoms with Gasteiger partial charge in [-0.05, 0) is 12.0 Å². The molecule has 0 bridgehead atoms. The largest absolute Gasteiger partial charge is 0.396 e. The number of hydrogen-bond acceptors (Lipinski definition) is 3. The van der Waals surface area contributed by atoms with Crippen molar-refractivity contribution >= 4 is 18.2 Å². The van der Waals surface area contributed by atoms with Crippen LogP contribution in [0.2, 0.25) is 0 Å². The molecule has 0 heterocycles. The van der Waals surface area contributed by atoms with Gasteiger partial charge in [-0.25, -0.2) is 0 Å². The van der Waals surface area contributed by atoms with Crippen LogP contribution in [0.4, 0.5) is 0 Å². The fourth-order valence-electron chi connectivity index (χ4n) is 1.72. The SMILES string of the molecule is CC/C=C(/CSCCO)N(C=O)Cc1ccccc1. The molecule has 0 saturated carbocycles. The van der Waals surface area contributed by atoms with Crippen molar-refractivity contribution in [1.82, 2.24) is 4.90 Å². The van der Waals surface area contributed by atoms with E-state index in [-0.39, 0.29) is 6.61 Å². The molecule has 1 aromatic carbocycles. The molecule has 3 nitrogen and oxygen atoms in total. The number of amides is 1. The molecule has 0 radical (unpaired) electrons. The Hall–Kier alpha value is -1.26. The van der Waals surface area contributed by atoms with Crippen LogP contribution in [0.5, 0.6) is 0 Å². The fraction of sp³-hybridized carbons (Fsp3) is 0.400. The van der Waals surface area contributed by atoms with Gasteiger partial charge in [0.2, 0.25) is 6.41 Å². The number of thioether (sulfide) groups is 1. The van der Waals surface area contributed by atoms with Crippen molar-refractivity contribution in [2.24, 2.45) is 0 Å². The predicted molar refractivity (Wildman–Crippen MR) is 80.8 cm³/mol. The van der Waals surface area contributed by atoms with Crippen LogP contribution in [0.25, 0.3) is 0 Å². The lowest BCUT2D eigenvalue weighted by Gasteiger charge is -2.21. The third kappa shape index (κ3) is 5.94. The Morgan fingerprint density at radius 3 is 2.68 bits per heavy atom. The van der Waals surface area contributed by atoms with E-state index in [1.807, 2.05) is 30.3 Å². The minimum Gasteiger partial charge on any atom is -0.396 e. The molecular weight excluding hydrogens is 258 g/mol. The molecule has 0 aliphatic heterocycles. The van der Waals surface area contributed by atoms with Crippen LogP contribution in [0.3, 0.4) is 0 Å². The van der Waals surface area contributed by atoms with Crippen LogP contribution >= 0.6 is 11.8 Å². The van der Waals surface area contributed by atoms with Crippen molar-refractivity contribution in [2.45, 2.75) is 19.9 Å². The highest BCUT2D eigenvalue weighted by molar-refractivity contribution is 7.99. The van der Waals surface area contributed by atoms with Gasteiger partial charge < -0.3 is 10.0 Å². The van der Waals surface area contributed by atoms with Gasteiger partial charge in [-0.3, -0.25) is 4.79 Å². The maximum absolute atomic E-state index is 11.3. The molecule has 0 unspecified atom stereocenters. The first-order chi connectivity index (χ1) is 9.31.